The van der Waals surface area contributed by atoms with Gasteiger partial charge in [0, 0.05) is 16.3 Å². The Bertz CT molecular complexity index is 586. The van der Waals surface area contributed by atoms with Crippen molar-refractivity contribution >= 4 is 38.8 Å². The van der Waals surface area contributed by atoms with Crippen LogP contribution >= 0.6 is 23.2 Å². The van der Waals surface area contributed by atoms with E-state index in [0.29, 0.717) is 5.02 Å². The molecule has 0 aliphatic rings. The average molecular weight is 326 g/mol. The van der Waals surface area contributed by atoms with E-state index in [1.165, 1.54) is 25.1 Å². The number of hydrogen-bond acceptors (Lipinski definition) is 5. The van der Waals surface area contributed by atoms with E-state index in [9.17, 15) is 13.5 Å². The molecule has 1 unspecified atom stereocenters. The first-order valence-corrected chi connectivity index (χ1v) is 7.84. The van der Waals surface area contributed by atoms with Gasteiger partial charge in [0.1, 0.15) is 11.0 Å². The maximum Gasteiger partial charge on any atom is 0.161 e. The fourth-order valence-corrected chi connectivity index (χ4v) is 3.21. The molecular formula is C11H13Cl2NO4S. The van der Waals surface area contributed by atoms with Crippen molar-refractivity contribution in [2.45, 2.75) is 12.2 Å². The van der Waals surface area contributed by atoms with Gasteiger partial charge in [-0.2, -0.15) is 0 Å². The van der Waals surface area contributed by atoms with E-state index in [4.69, 9.17) is 28.4 Å². The van der Waals surface area contributed by atoms with Crippen LogP contribution in [0.3, 0.4) is 0 Å². The molecule has 0 saturated carbocycles. The highest BCUT2D eigenvalue weighted by Crippen LogP contribution is 2.24. The van der Waals surface area contributed by atoms with Crippen LogP contribution in [0.5, 0.6) is 0 Å². The van der Waals surface area contributed by atoms with Crippen molar-refractivity contribution < 1.29 is 18.7 Å². The molecule has 1 aromatic rings. The molecule has 5 nitrogen and oxygen atoms in total. The molecule has 19 heavy (non-hydrogen) atoms. The van der Waals surface area contributed by atoms with Gasteiger partial charge in [-0.25, -0.2) is 8.42 Å². The van der Waals surface area contributed by atoms with E-state index >= 15 is 0 Å². The first-order chi connectivity index (χ1) is 8.87. The molecule has 0 bridgehead atoms. The summed E-state index contributed by atoms with van der Waals surface area (Å²) in [5.41, 5.74) is 0.00987. The highest BCUT2D eigenvalue weighted by Gasteiger charge is 2.31. The van der Waals surface area contributed by atoms with Crippen molar-refractivity contribution in [1.82, 2.24) is 0 Å². The summed E-state index contributed by atoms with van der Waals surface area (Å²) in [6, 6.07) is 4.32. The predicted molar refractivity (Wildman–Crippen MR) is 75.1 cm³/mol. The fourth-order valence-electron chi connectivity index (χ4n) is 1.56. The van der Waals surface area contributed by atoms with Crippen molar-refractivity contribution in [2.24, 2.45) is 5.16 Å². The minimum absolute atomic E-state index is 0.144. The zero-order valence-electron chi connectivity index (χ0n) is 10.0. The van der Waals surface area contributed by atoms with E-state index in [1.54, 1.807) is 0 Å². The summed E-state index contributed by atoms with van der Waals surface area (Å²) in [7, 11) is -3.63. The minimum atomic E-state index is -3.63. The summed E-state index contributed by atoms with van der Waals surface area (Å²) in [5.74, 6) is -0.192. The number of benzene rings is 1. The van der Waals surface area contributed by atoms with E-state index < -0.39 is 21.7 Å². The lowest BCUT2D eigenvalue weighted by Gasteiger charge is -2.16. The molecule has 2 N–H and O–H groups in total. The summed E-state index contributed by atoms with van der Waals surface area (Å²) in [6.45, 7) is 0.741. The lowest BCUT2D eigenvalue weighted by molar-refractivity contribution is 0.296. The Morgan fingerprint density at radius 2 is 2.05 bits per heavy atom. The van der Waals surface area contributed by atoms with E-state index in [2.05, 4.69) is 5.16 Å². The summed E-state index contributed by atoms with van der Waals surface area (Å²) in [6.07, 6.45) is 0. The number of nitrogens with zero attached hydrogens (tertiary/aromatic N) is 1. The molecule has 0 aliphatic heterocycles. The largest absolute Gasteiger partial charge is 0.411 e. The average Bonchev–Trinajstić information content (AvgIpc) is 2.36. The second kappa shape index (κ2) is 6.56. The Labute approximate surface area is 121 Å². The van der Waals surface area contributed by atoms with Gasteiger partial charge in [-0.1, -0.05) is 35.3 Å². The van der Waals surface area contributed by atoms with E-state index in [1.807, 2.05) is 0 Å². The summed E-state index contributed by atoms with van der Waals surface area (Å²) in [5, 5.41) is 20.5. The van der Waals surface area contributed by atoms with Crippen LogP contribution in [0.4, 0.5) is 0 Å². The third kappa shape index (κ3) is 3.60. The highest BCUT2D eigenvalue weighted by molar-refractivity contribution is 7.92. The molecule has 1 aromatic carbocycles. The Morgan fingerprint density at radius 1 is 1.42 bits per heavy atom. The first-order valence-electron chi connectivity index (χ1n) is 5.37. The fraction of sp³-hybridized carbons (Fsp3) is 0.364. The van der Waals surface area contributed by atoms with Crippen LogP contribution in [-0.2, 0) is 9.84 Å². The molecular weight excluding hydrogens is 313 g/mol. The van der Waals surface area contributed by atoms with Gasteiger partial charge in [-0.3, -0.25) is 0 Å². The van der Waals surface area contributed by atoms with Crippen molar-refractivity contribution in [2.75, 3.05) is 12.4 Å². The van der Waals surface area contributed by atoms with Crippen molar-refractivity contribution in [3.05, 3.63) is 33.8 Å². The molecule has 0 fully saturated rings. The van der Waals surface area contributed by atoms with Crippen LogP contribution in [0, 0.1) is 0 Å². The maximum atomic E-state index is 11.9. The van der Waals surface area contributed by atoms with Gasteiger partial charge in [0.25, 0.3) is 0 Å². The topological polar surface area (TPSA) is 87.0 Å². The molecule has 0 saturated heterocycles. The van der Waals surface area contributed by atoms with E-state index in [0.717, 1.165) is 0 Å². The van der Waals surface area contributed by atoms with Crippen LogP contribution < -0.4 is 0 Å². The normalized spacial score (nSPS) is 14.4. The first kappa shape index (κ1) is 16.2. The van der Waals surface area contributed by atoms with Gasteiger partial charge < -0.3 is 10.3 Å². The highest BCUT2D eigenvalue weighted by atomic mass is 35.5. The smallest absolute Gasteiger partial charge is 0.161 e. The Morgan fingerprint density at radius 3 is 2.47 bits per heavy atom. The molecule has 1 rings (SSSR count). The number of aliphatic hydroxyl groups is 1. The van der Waals surface area contributed by atoms with Crippen LogP contribution in [0.2, 0.25) is 10.0 Å². The quantitative estimate of drug-likeness (QED) is 0.492. The second-order valence-electron chi connectivity index (χ2n) is 3.73. The number of aliphatic hydroxyl groups excluding tert-OH is 1. The van der Waals surface area contributed by atoms with Crippen molar-refractivity contribution in [3.8, 4) is 0 Å². The maximum absolute atomic E-state index is 11.9. The van der Waals surface area contributed by atoms with Crippen molar-refractivity contribution in [3.63, 3.8) is 0 Å². The molecule has 0 aromatic heterocycles. The molecule has 106 valence electrons. The van der Waals surface area contributed by atoms with Gasteiger partial charge in [0.05, 0.1) is 11.6 Å². The zero-order valence-corrected chi connectivity index (χ0v) is 12.4. The van der Waals surface area contributed by atoms with Crippen LogP contribution in [0.25, 0.3) is 0 Å². The van der Waals surface area contributed by atoms with Crippen LogP contribution in [-0.4, -0.2) is 42.1 Å². The van der Waals surface area contributed by atoms with Crippen LogP contribution in [0.15, 0.2) is 23.4 Å². The summed E-state index contributed by atoms with van der Waals surface area (Å²) in [4.78, 5) is 0. The second-order valence-corrected chi connectivity index (χ2v) is 7.05. The molecule has 0 spiro atoms. The van der Waals surface area contributed by atoms with E-state index in [-0.39, 0.29) is 22.1 Å². The number of halogens is 2. The third-order valence-corrected chi connectivity index (χ3v) is 5.21. The lowest BCUT2D eigenvalue weighted by atomic mass is 10.1. The van der Waals surface area contributed by atoms with Gasteiger partial charge in [-0.15, -0.1) is 0 Å². The molecule has 0 aliphatic carbocycles. The monoisotopic (exact) mass is 325 g/mol. The van der Waals surface area contributed by atoms with Gasteiger partial charge in [0.2, 0.25) is 0 Å². The van der Waals surface area contributed by atoms with Gasteiger partial charge >= 0.3 is 0 Å². The predicted octanol–water partition coefficient (Wildman–Crippen LogP) is 1.97. The molecule has 0 heterocycles. The Balaban J connectivity index is 3.35. The Hall–Kier alpha value is -0.820. The third-order valence-electron chi connectivity index (χ3n) is 2.62. The standard InChI is InChI=1S/C11H13Cl2NO4S/c1-2-19(17,18)10(6-15)11(14-16)8-4-3-7(12)5-9(8)13/h3-5,10,15-16H,2,6H2,1H3/b14-11-. The molecule has 0 amide bonds. The summed E-state index contributed by atoms with van der Waals surface area (Å²) < 4.78 is 23.7. The number of sulfone groups is 1. The van der Waals surface area contributed by atoms with Crippen molar-refractivity contribution in [1.29, 1.82) is 0 Å². The molecule has 0 radical (unpaired) electrons. The molecule has 8 heteroatoms. The van der Waals surface area contributed by atoms with Gasteiger partial charge in [0.15, 0.2) is 9.84 Å². The minimum Gasteiger partial charge on any atom is -0.411 e. The van der Waals surface area contributed by atoms with Gasteiger partial charge in [-0.05, 0) is 18.2 Å². The lowest BCUT2D eigenvalue weighted by Crippen LogP contribution is -2.35. The number of rotatable bonds is 5. The zero-order chi connectivity index (χ0) is 14.6. The summed E-state index contributed by atoms with van der Waals surface area (Å²) >= 11 is 11.7. The van der Waals surface area contributed by atoms with Crippen LogP contribution in [0.1, 0.15) is 12.5 Å². The SMILES string of the molecule is CCS(=O)(=O)C(CO)/C(=N\O)c1ccc(Cl)cc1Cl. The Kier molecular flexibility index (Phi) is 5.61. The number of hydrogen-bond donors (Lipinski definition) is 2. The molecule has 1 atom stereocenters. The number of oxime groups is 1.